The van der Waals surface area contributed by atoms with E-state index < -0.39 is 0 Å². The normalized spacial score (nSPS) is 11.2. The number of nitriles is 1. The summed E-state index contributed by atoms with van der Waals surface area (Å²) in [6.45, 7) is 7.52. The molecule has 0 saturated heterocycles. The Hall–Kier alpha value is -1.57. The van der Waals surface area contributed by atoms with Crippen molar-refractivity contribution >= 4 is 0 Å². The van der Waals surface area contributed by atoms with E-state index in [2.05, 4.69) is 26.8 Å². The third kappa shape index (κ3) is 4.22. The van der Waals surface area contributed by atoms with Crippen molar-refractivity contribution < 1.29 is 14.2 Å². The van der Waals surface area contributed by atoms with Crippen molar-refractivity contribution in [1.29, 1.82) is 5.26 Å². The van der Waals surface area contributed by atoms with E-state index in [4.69, 9.17) is 14.2 Å². The van der Waals surface area contributed by atoms with Gasteiger partial charge in [0.15, 0.2) is 6.79 Å². The van der Waals surface area contributed by atoms with Crippen molar-refractivity contribution in [3.8, 4) is 11.8 Å². The first-order chi connectivity index (χ1) is 9.56. The van der Waals surface area contributed by atoms with Crippen LogP contribution in [-0.2, 0) is 14.9 Å². The average Bonchev–Trinajstić information content (AvgIpc) is 2.46. The van der Waals surface area contributed by atoms with E-state index in [-0.39, 0.29) is 12.2 Å². The van der Waals surface area contributed by atoms with Crippen molar-refractivity contribution in [2.24, 2.45) is 0 Å². The molecule has 0 aromatic heterocycles. The smallest absolute Gasteiger partial charge is 0.189 e. The van der Waals surface area contributed by atoms with Gasteiger partial charge in [-0.2, -0.15) is 5.26 Å². The molecule has 0 saturated carbocycles. The Labute approximate surface area is 121 Å². The Kier molecular flexibility index (Phi) is 6.50. The first-order valence-corrected chi connectivity index (χ1v) is 6.80. The highest BCUT2D eigenvalue weighted by Gasteiger charge is 2.24. The number of rotatable bonds is 8. The molecule has 0 unspecified atom stereocenters. The molecule has 0 N–H and O–H groups in total. The highest BCUT2D eigenvalue weighted by atomic mass is 16.7. The monoisotopic (exact) mass is 277 g/mol. The van der Waals surface area contributed by atoms with Crippen LogP contribution < -0.4 is 4.74 Å². The lowest BCUT2D eigenvalue weighted by molar-refractivity contribution is -0.00937. The van der Waals surface area contributed by atoms with E-state index in [1.54, 1.807) is 13.2 Å². The van der Waals surface area contributed by atoms with Gasteiger partial charge in [0.25, 0.3) is 0 Å². The van der Waals surface area contributed by atoms with Crippen LogP contribution in [0.2, 0.25) is 0 Å². The predicted molar refractivity (Wildman–Crippen MR) is 77.8 cm³/mol. The summed E-state index contributed by atoms with van der Waals surface area (Å²) in [6, 6.07) is 7.84. The number of hydrogen-bond donors (Lipinski definition) is 0. The zero-order chi connectivity index (χ0) is 15.0. The van der Waals surface area contributed by atoms with Crippen LogP contribution >= 0.6 is 0 Å². The first kappa shape index (κ1) is 16.5. The molecule has 110 valence electrons. The summed E-state index contributed by atoms with van der Waals surface area (Å²) in [5.41, 5.74) is 1.53. The van der Waals surface area contributed by atoms with Crippen LogP contribution in [0.5, 0.6) is 5.75 Å². The van der Waals surface area contributed by atoms with Crippen LogP contribution in [0.1, 0.15) is 38.3 Å². The molecular formula is C16H23NO3. The minimum atomic E-state index is -0.0469. The van der Waals surface area contributed by atoms with Crippen molar-refractivity contribution in [2.45, 2.75) is 32.6 Å². The highest BCUT2D eigenvalue weighted by molar-refractivity contribution is 5.51. The molecule has 0 fully saturated rings. The molecule has 1 rings (SSSR count). The molecular weight excluding hydrogens is 254 g/mol. The summed E-state index contributed by atoms with van der Waals surface area (Å²) in [4.78, 5) is 0. The SMILES string of the molecule is CCC(C)(C)c1cccc(C#N)c1OCOCCOC. The number of nitrogens with zero attached hydrogens (tertiary/aromatic N) is 1. The fourth-order valence-corrected chi connectivity index (χ4v) is 1.81. The first-order valence-electron chi connectivity index (χ1n) is 6.80. The lowest BCUT2D eigenvalue weighted by Gasteiger charge is -2.26. The molecule has 1 aromatic carbocycles. The van der Waals surface area contributed by atoms with Crippen LogP contribution in [0.4, 0.5) is 0 Å². The van der Waals surface area contributed by atoms with Gasteiger partial charge in [0.05, 0.1) is 18.8 Å². The molecule has 0 atom stereocenters. The summed E-state index contributed by atoms with van der Waals surface area (Å²) in [5, 5.41) is 9.23. The molecule has 0 aliphatic carbocycles. The van der Waals surface area contributed by atoms with Gasteiger partial charge in [0.2, 0.25) is 0 Å². The zero-order valence-corrected chi connectivity index (χ0v) is 12.7. The second-order valence-electron chi connectivity index (χ2n) is 5.19. The number of para-hydroxylation sites is 1. The summed E-state index contributed by atoms with van der Waals surface area (Å²) in [6.07, 6.45) is 0.961. The third-order valence-corrected chi connectivity index (χ3v) is 3.47. The molecule has 20 heavy (non-hydrogen) atoms. The van der Waals surface area contributed by atoms with E-state index in [0.29, 0.717) is 24.5 Å². The minimum absolute atomic E-state index is 0.0469. The van der Waals surface area contributed by atoms with Crippen molar-refractivity contribution in [1.82, 2.24) is 0 Å². The maximum Gasteiger partial charge on any atom is 0.189 e. The Balaban J connectivity index is 2.89. The van der Waals surface area contributed by atoms with Crippen molar-refractivity contribution in [2.75, 3.05) is 27.1 Å². The van der Waals surface area contributed by atoms with E-state index in [1.807, 2.05) is 12.1 Å². The highest BCUT2D eigenvalue weighted by Crippen LogP contribution is 2.36. The molecule has 1 aromatic rings. The van der Waals surface area contributed by atoms with Gasteiger partial charge in [-0.25, -0.2) is 0 Å². The van der Waals surface area contributed by atoms with Crippen molar-refractivity contribution in [3.05, 3.63) is 29.3 Å². The zero-order valence-electron chi connectivity index (χ0n) is 12.7. The minimum Gasteiger partial charge on any atom is -0.466 e. The van der Waals surface area contributed by atoms with E-state index >= 15 is 0 Å². The van der Waals surface area contributed by atoms with E-state index in [0.717, 1.165) is 12.0 Å². The fourth-order valence-electron chi connectivity index (χ4n) is 1.81. The molecule has 0 radical (unpaired) electrons. The Morgan fingerprint density at radius 3 is 2.60 bits per heavy atom. The van der Waals surface area contributed by atoms with Gasteiger partial charge in [-0.3, -0.25) is 0 Å². The molecule has 0 aliphatic rings. The average molecular weight is 277 g/mol. The summed E-state index contributed by atoms with van der Waals surface area (Å²) >= 11 is 0. The standard InChI is InChI=1S/C16H23NO3/c1-5-16(2,3)14-8-6-7-13(11-17)15(14)20-12-19-10-9-18-4/h6-8H,5,9-10,12H2,1-4H3. The topological polar surface area (TPSA) is 51.5 Å². The molecule has 4 heteroatoms. The Morgan fingerprint density at radius 1 is 1.25 bits per heavy atom. The summed E-state index contributed by atoms with van der Waals surface area (Å²) < 4.78 is 15.9. The number of ether oxygens (including phenoxy) is 3. The van der Waals surface area contributed by atoms with Gasteiger partial charge in [-0.1, -0.05) is 32.9 Å². The number of methoxy groups -OCH3 is 1. The van der Waals surface area contributed by atoms with Gasteiger partial charge in [-0.05, 0) is 17.9 Å². The lowest BCUT2D eigenvalue weighted by Crippen LogP contribution is -2.19. The van der Waals surface area contributed by atoms with Gasteiger partial charge < -0.3 is 14.2 Å². The van der Waals surface area contributed by atoms with Gasteiger partial charge in [0, 0.05) is 12.7 Å². The van der Waals surface area contributed by atoms with Gasteiger partial charge >= 0.3 is 0 Å². The predicted octanol–water partition coefficient (Wildman–Crippen LogP) is 3.25. The van der Waals surface area contributed by atoms with Crippen LogP contribution in [-0.4, -0.2) is 27.1 Å². The van der Waals surface area contributed by atoms with Crippen molar-refractivity contribution in [3.63, 3.8) is 0 Å². The van der Waals surface area contributed by atoms with Gasteiger partial charge in [-0.15, -0.1) is 0 Å². The number of benzene rings is 1. The quantitative estimate of drug-likeness (QED) is 0.540. The van der Waals surface area contributed by atoms with Crippen LogP contribution in [0.15, 0.2) is 18.2 Å². The van der Waals surface area contributed by atoms with Crippen LogP contribution in [0.3, 0.4) is 0 Å². The van der Waals surface area contributed by atoms with E-state index in [1.165, 1.54) is 0 Å². The lowest BCUT2D eigenvalue weighted by atomic mass is 9.81. The molecule has 4 nitrogen and oxygen atoms in total. The molecule has 0 aliphatic heterocycles. The summed E-state index contributed by atoms with van der Waals surface area (Å²) in [7, 11) is 1.62. The Morgan fingerprint density at radius 2 is 2.00 bits per heavy atom. The maximum absolute atomic E-state index is 9.23. The number of hydrogen-bond acceptors (Lipinski definition) is 4. The summed E-state index contributed by atoms with van der Waals surface area (Å²) in [5.74, 6) is 0.624. The largest absolute Gasteiger partial charge is 0.466 e. The van der Waals surface area contributed by atoms with Crippen LogP contribution in [0.25, 0.3) is 0 Å². The Bertz CT molecular complexity index is 463. The second-order valence-corrected chi connectivity index (χ2v) is 5.19. The van der Waals surface area contributed by atoms with Crippen LogP contribution in [0, 0.1) is 11.3 Å². The second kappa shape index (κ2) is 7.88. The molecule has 0 heterocycles. The maximum atomic E-state index is 9.23. The van der Waals surface area contributed by atoms with Gasteiger partial charge in [0.1, 0.15) is 11.8 Å². The third-order valence-electron chi connectivity index (χ3n) is 3.47. The molecule has 0 spiro atoms. The fraction of sp³-hybridized carbons (Fsp3) is 0.562. The molecule has 0 bridgehead atoms. The molecule has 0 amide bonds. The van der Waals surface area contributed by atoms with E-state index in [9.17, 15) is 5.26 Å².